The maximum atomic E-state index is 12.1. The quantitative estimate of drug-likeness (QED) is 0.866. The van der Waals surface area contributed by atoms with Gasteiger partial charge in [0, 0.05) is 23.8 Å². The van der Waals surface area contributed by atoms with Crippen molar-refractivity contribution in [1.29, 1.82) is 0 Å². The zero-order valence-corrected chi connectivity index (χ0v) is 14.8. The van der Waals surface area contributed by atoms with E-state index < -0.39 is 0 Å². The van der Waals surface area contributed by atoms with Crippen molar-refractivity contribution in [3.8, 4) is 11.5 Å². The molecule has 3 rings (SSSR count). The van der Waals surface area contributed by atoms with Crippen LogP contribution < -0.4 is 10.6 Å². The Morgan fingerprint density at radius 2 is 2.00 bits per heavy atom. The number of aromatic nitrogens is 2. The van der Waals surface area contributed by atoms with Gasteiger partial charge in [-0.25, -0.2) is 4.79 Å². The molecule has 1 aromatic carbocycles. The molecule has 1 aromatic heterocycles. The monoisotopic (exact) mass is 344 g/mol. The number of hydrogen-bond acceptors (Lipinski definition) is 5. The van der Waals surface area contributed by atoms with Crippen LogP contribution in [0, 0.1) is 0 Å². The SMILES string of the molecule is CC(C)c1noc(-c2ccc(NC(=O)N[C@H](C)[C@H]3CCCO3)cc2)n1. The molecule has 7 heteroatoms. The number of rotatable bonds is 5. The molecule has 0 radical (unpaired) electrons. The van der Waals surface area contributed by atoms with Crippen molar-refractivity contribution in [2.45, 2.75) is 51.7 Å². The van der Waals surface area contributed by atoms with Crippen LogP contribution in [0.3, 0.4) is 0 Å². The Morgan fingerprint density at radius 1 is 1.24 bits per heavy atom. The van der Waals surface area contributed by atoms with Crippen molar-refractivity contribution in [3.05, 3.63) is 30.1 Å². The average molecular weight is 344 g/mol. The first-order chi connectivity index (χ1) is 12.0. The number of nitrogens with one attached hydrogen (secondary N) is 2. The van der Waals surface area contributed by atoms with Crippen LogP contribution in [0.15, 0.2) is 28.8 Å². The van der Waals surface area contributed by atoms with E-state index in [1.165, 1.54) is 0 Å². The molecule has 134 valence electrons. The van der Waals surface area contributed by atoms with Gasteiger partial charge in [0.25, 0.3) is 5.89 Å². The van der Waals surface area contributed by atoms with Gasteiger partial charge in [-0.3, -0.25) is 0 Å². The predicted molar refractivity (Wildman–Crippen MR) is 94.4 cm³/mol. The van der Waals surface area contributed by atoms with Crippen molar-refractivity contribution < 1.29 is 14.1 Å². The van der Waals surface area contributed by atoms with Crippen molar-refractivity contribution in [2.24, 2.45) is 0 Å². The van der Waals surface area contributed by atoms with Crippen LogP contribution in [-0.2, 0) is 4.74 Å². The van der Waals surface area contributed by atoms with Crippen LogP contribution in [0.5, 0.6) is 0 Å². The molecule has 1 aliphatic rings. The second kappa shape index (κ2) is 7.65. The molecule has 25 heavy (non-hydrogen) atoms. The Labute approximate surface area is 147 Å². The minimum absolute atomic E-state index is 0.0189. The second-order valence-electron chi connectivity index (χ2n) is 6.63. The molecule has 2 aromatic rings. The smallest absolute Gasteiger partial charge is 0.319 e. The first kappa shape index (κ1) is 17.4. The number of urea groups is 1. The summed E-state index contributed by atoms with van der Waals surface area (Å²) in [7, 11) is 0. The number of carbonyl (C=O) groups excluding carboxylic acids is 1. The molecule has 2 N–H and O–H groups in total. The fourth-order valence-electron chi connectivity index (χ4n) is 2.75. The lowest BCUT2D eigenvalue weighted by atomic mass is 10.1. The molecular weight excluding hydrogens is 320 g/mol. The molecular formula is C18H24N4O3. The van der Waals surface area contributed by atoms with Gasteiger partial charge in [0.15, 0.2) is 5.82 Å². The summed E-state index contributed by atoms with van der Waals surface area (Å²) in [5, 5.41) is 9.70. The standard InChI is InChI=1S/C18H24N4O3/c1-11(2)16-21-17(25-22-16)13-6-8-14(9-7-13)20-18(23)19-12(3)15-5-4-10-24-15/h6-9,11-12,15H,4-5,10H2,1-3H3,(H2,19,20,23)/t12-,15-/m1/s1. The third kappa shape index (κ3) is 4.36. The Morgan fingerprint density at radius 3 is 2.60 bits per heavy atom. The highest BCUT2D eigenvalue weighted by atomic mass is 16.5. The molecule has 1 saturated heterocycles. The highest BCUT2D eigenvalue weighted by Gasteiger charge is 2.23. The molecule has 1 fully saturated rings. The van der Waals surface area contributed by atoms with E-state index in [9.17, 15) is 4.79 Å². The summed E-state index contributed by atoms with van der Waals surface area (Å²) in [6.07, 6.45) is 2.13. The number of ether oxygens (including phenoxy) is 1. The summed E-state index contributed by atoms with van der Waals surface area (Å²) < 4.78 is 10.9. The van der Waals surface area contributed by atoms with Crippen LogP contribution >= 0.6 is 0 Å². The molecule has 0 bridgehead atoms. The van der Waals surface area contributed by atoms with Crippen LogP contribution in [0.1, 0.15) is 45.4 Å². The first-order valence-electron chi connectivity index (χ1n) is 8.66. The molecule has 2 heterocycles. The number of nitrogens with zero attached hydrogens (tertiary/aromatic N) is 2. The van der Waals surface area contributed by atoms with Gasteiger partial charge in [0.05, 0.1) is 12.1 Å². The van der Waals surface area contributed by atoms with Crippen molar-refractivity contribution in [2.75, 3.05) is 11.9 Å². The Hall–Kier alpha value is -2.41. The van der Waals surface area contributed by atoms with Crippen LogP contribution in [0.25, 0.3) is 11.5 Å². The van der Waals surface area contributed by atoms with E-state index in [1.54, 1.807) is 0 Å². The van der Waals surface area contributed by atoms with E-state index in [4.69, 9.17) is 9.26 Å². The lowest BCUT2D eigenvalue weighted by Crippen LogP contribution is -2.42. The summed E-state index contributed by atoms with van der Waals surface area (Å²) in [6.45, 7) is 6.75. The summed E-state index contributed by atoms with van der Waals surface area (Å²) in [5.74, 6) is 1.37. The van der Waals surface area contributed by atoms with E-state index in [-0.39, 0.29) is 24.1 Å². The van der Waals surface area contributed by atoms with Crippen LogP contribution in [-0.4, -0.2) is 34.9 Å². The lowest BCUT2D eigenvalue weighted by molar-refractivity contribution is 0.0868. The molecule has 0 aliphatic carbocycles. The van der Waals surface area contributed by atoms with Gasteiger partial charge in [0.2, 0.25) is 0 Å². The summed E-state index contributed by atoms with van der Waals surface area (Å²) >= 11 is 0. The maximum Gasteiger partial charge on any atom is 0.319 e. The van der Waals surface area contributed by atoms with Gasteiger partial charge in [-0.1, -0.05) is 19.0 Å². The van der Waals surface area contributed by atoms with E-state index in [0.29, 0.717) is 17.4 Å². The van der Waals surface area contributed by atoms with E-state index in [1.807, 2.05) is 45.0 Å². The van der Waals surface area contributed by atoms with Gasteiger partial charge in [-0.15, -0.1) is 0 Å². The number of benzene rings is 1. The van der Waals surface area contributed by atoms with Gasteiger partial charge >= 0.3 is 6.03 Å². The number of amides is 2. The summed E-state index contributed by atoms with van der Waals surface area (Å²) in [4.78, 5) is 16.5. The van der Waals surface area contributed by atoms with Crippen molar-refractivity contribution in [3.63, 3.8) is 0 Å². The fraction of sp³-hybridized carbons (Fsp3) is 0.500. The molecule has 2 amide bonds. The minimum atomic E-state index is -0.240. The summed E-state index contributed by atoms with van der Waals surface area (Å²) in [6, 6.07) is 7.05. The third-order valence-electron chi connectivity index (χ3n) is 4.23. The van der Waals surface area contributed by atoms with Crippen LogP contribution in [0.2, 0.25) is 0 Å². The van der Waals surface area contributed by atoms with Crippen LogP contribution in [0.4, 0.5) is 10.5 Å². The second-order valence-corrected chi connectivity index (χ2v) is 6.63. The largest absolute Gasteiger partial charge is 0.376 e. The Balaban J connectivity index is 1.57. The topological polar surface area (TPSA) is 89.3 Å². The highest BCUT2D eigenvalue weighted by Crippen LogP contribution is 2.22. The highest BCUT2D eigenvalue weighted by molar-refractivity contribution is 5.89. The van der Waals surface area contributed by atoms with E-state index in [2.05, 4.69) is 20.8 Å². The van der Waals surface area contributed by atoms with Crippen molar-refractivity contribution in [1.82, 2.24) is 15.5 Å². The fourth-order valence-corrected chi connectivity index (χ4v) is 2.75. The molecule has 0 unspecified atom stereocenters. The number of hydrogen-bond donors (Lipinski definition) is 2. The Bertz CT molecular complexity index is 705. The predicted octanol–water partition coefficient (Wildman–Crippen LogP) is 3.55. The summed E-state index contributed by atoms with van der Waals surface area (Å²) in [5.41, 5.74) is 1.52. The Kier molecular flexibility index (Phi) is 5.33. The molecule has 7 nitrogen and oxygen atoms in total. The van der Waals surface area contributed by atoms with E-state index in [0.717, 1.165) is 25.0 Å². The van der Waals surface area contributed by atoms with Gasteiger partial charge in [-0.05, 0) is 44.0 Å². The normalized spacial score (nSPS) is 18.3. The minimum Gasteiger partial charge on any atom is -0.376 e. The third-order valence-corrected chi connectivity index (χ3v) is 4.23. The maximum absolute atomic E-state index is 12.1. The number of carbonyl (C=O) groups is 1. The zero-order chi connectivity index (χ0) is 17.8. The van der Waals surface area contributed by atoms with Gasteiger partial charge in [-0.2, -0.15) is 4.98 Å². The zero-order valence-electron chi connectivity index (χ0n) is 14.8. The lowest BCUT2D eigenvalue weighted by Gasteiger charge is -2.20. The van der Waals surface area contributed by atoms with Gasteiger partial charge in [0.1, 0.15) is 0 Å². The molecule has 2 atom stereocenters. The first-order valence-corrected chi connectivity index (χ1v) is 8.66. The average Bonchev–Trinajstić information content (AvgIpc) is 3.27. The number of anilines is 1. The van der Waals surface area contributed by atoms with E-state index >= 15 is 0 Å². The molecule has 0 spiro atoms. The van der Waals surface area contributed by atoms with Gasteiger partial charge < -0.3 is 19.9 Å². The van der Waals surface area contributed by atoms with Crippen molar-refractivity contribution >= 4 is 11.7 Å². The molecule has 0 saturated carbocycles. The molecule has 1 aliphatic heterocycles.